The van der Waals surface area contributed by atoms with Crippen LogP contribution in [0, 0.1) is 6.92 Å². The van der Waals surface area contributed by atoms with Crippen molar-refractivity contribution in [2.24, 2.45) is 0 Å². The number of aliphatic hydroxyl groups excluding tert-OH is 1. The predicted octanol–water partition coefficient (Wildman–Crippen LogP) is 1.13. The van der Waals surface area contributed by atoms with Crippen LogP contribution in [0.3, 0.4) is 0 Å². The Hall–Kier alpha value is -0.570. The second kappa shape index (κ2) is 9.22. The maximum absolute atomic E-state index is 10.1. The van der Waals surface area contributed by atoms with Crippen LogP contribution in [0.25, 0.3) is 0 Å². The molecule has 0 spiro atoms. The van der Waals surface area contributed by atoms with E-state index in [0.29, 0.717) is 19.8 Å². The average Bonchev–Trinajstić information content (AvgIpc) is 3.21. The Balaban J connectivity index is 1.28. The fourth-order valence-electron chi connectivity index (χ4n) is 3.30. The summed E-state index contributed by atoms with van der Waals surface area (Å²) in [7, 11) is 0. The van der Waals surface area contributed by atoms with Crippen LogP contribution < -0.4 is 0 Å². The van der Waals surface area contributed by atoms with Gasteiger partial charge < -0.3 is 14.6 Å². The molecule has 1 aromatic rings. The maximum atomic E-state index is 10.1. The van der Waals surface area contributed by atoms with Gasteiger partial charge in [-0.1, -0.05) is 0 Å². The van der Waals surface area contributed by atoms with Crippen LogP contribution in [0.1, 0.15) is 23.5 Å². The number of thiazole rings is 1. The third-order valence-corrected chi connectivity index (χ3v) is 5.45. The van der Waals surface area contributed by atoms with Crippen molar-refractivity contribution in [3.63, 3.8) is 0 Å². The number of rotatable bonds is 8. The van der Waals surface area contributed by atoms with Crippen molar-refractivity contribution >= 4 is 11.3 Å². The lowest BCUT2D eigenvalue weighted by Gasteiger charge is -2.35. The van der Waals surface area contributed by atoms with Gasteiger partial charge in [0.25, 0.3) is 0 Å². The van der Waals surface area contributed by atoms with Gasteiger partial charge in [0.15, 0.2) is 0 Å². The Labute approximate surface area is 148 Å². The second-order valence-electron chi connectivity index (χ2n) is 6.76. The molecule has 7 heteroatoms. The molecule has 2 unspecified atom stereocenters. The summed E-state index contributed by atoms with van der Waals surface area (Å²) in [5, 5.41) is 13.4. The Kier molecular flexibility index (Phi) is 7.00. The number of aliphatic hydroxyl groups is 1. The summed E-state index contributed by atoms with van der Waals surface area (Å²) >= 11 is 1.71. The largest absolute Gasteiger partial charge is 0.389 e. The van der Waals surface area contributed by atoms with Crippen LogP contribution in [-0.2, 0) is 16.0 Å². The van der Waals surface area contributed by atoms with Gasteiger partial charge in [-0.15, -0.1) is 11.3 Å². The molecule has 2 saturated heterocycles. The van der Waals surface area contributed by atoms with Gasteiger partial charge in [0, 0.05) is 51.3 Å². The minimum atomic E-state index is -0.417. The molecule has 0 bridgehead atoms. The molecule has 0 aliphatic carbocycles. The van der Waals surface area contributed by atoms with Crippen LogP contribution >= 0.6 is 11.3 Å². The molecule has 0 radical (unpaired) electrons. The smallest absolute Gasteiger partial charge is 0.0900 e. The van der Waals surface area contributed by atoms with Gasteiger partial charge in [-0.2, -0.15) is 0 Å². The normalized spacial score (nSPS) is 24.5. The Bertz CT molecular complexity index is 485. The number of hydrogen-bond donors (Lipinski definition) is 1. The number of nitrogens with zero attached hydrogens (tertiary/aromatic N) is 3. The molecular formula is C17H29N3O3S. The lowest BCUT2D eigenvalue weighted by molar-refractivity contribution is -0.0288. The zero-order chi connectivity index (χ0) is 16.8. The van der Waals surface area contributed by atoms with E-state index in [0.717, 1.165) is 57.2 Å². The fraction of sp³-hybridized carbons (Fsp3) is 0.824. The highest BCUT2D eigenvalue weighted by molar-refractivity contribution is 7.09. The number of piperazine rings is 1. The fourth-order valence-corrected chi connectivity index (χ4v) is 3.91. The Morgan fingerprint density at radius 2 is 2.17 bits per heavy atom. The van der Waals surface area contributed by atoms with Gasteiger partial charge in [-0.3, -0.25) is 9.80 Å². The van der Waals surface area contributed by atoms with E-state index in [2.05, 4.69) is 27.1 Å². The molecule has 136 valence electrons. The van der Waals surface area contributed by atoms with Gasteiger partial charge in [-0.25, -0.2) is 4.98 Å². The quantitative estimate of drug-likeness (QED) is 0.754. The van der Waals surface area contributed by atoms with Gasteiger partial charge in [0.05, 0.1) is 36.1 Å². The van der Waals surface area contributed by atoms with Gasteiger partial charge in [-0.05, 0) is 19.8 Å². The molecule has 0 amide bonds. The lowest BCUT2D eigenvalue weighted by atomic mass is 10.2. The van der Waals surface area contributed by atoms with E-state index in [4.69, 9.17) is 9.47 Å². The maximum Gasteiger partial charge on any atom is 0.0900 e. The lowest BCUT2D eigenvalue weighted by Crippen LogP contribution is -2.48. The van der Waals surface area contributed by atoms with Crippen LogP contribution in [0.4, 0.5) is 0 Å². The minimum Gasteiger partial charge on any atom is -0.389 e. The van der Waals surface area contributed by atoms with E-state index in [9.17, 15) is 5.11 Å². The number of aromatic nitrogens is 1. The van der Waals surface area contributed by atoms with Crippen molar-refractivity contribution in [1.29, 1.82) is 0 Å². The van der Waals surface area contributed by atoms with Gasteiger partial charge >= 0.3 is 0 Å². The molecule has 2 aliphatic heterocycles. The summed E-state index contributed by atoms with van der Waals surface area (Å²) in [4.78, 5) is 9.29. The van der Waals surface area contributed by atoms with Gasteiger partial charge in [0.1, 0.15) is 0 Å². The van der Waals surface area contributed by atoms with Crippen molar-refractivity contribution in [2.75, 3.05) is 52.5 Å². The zero-order valence-electron chi connectivity index (χ0n) is 14.5. The molecule has 2 fully saturated rings. The number of hydrogen-bond acceptors (Lipinski definition) is 7. The van der Waals surface area contributed by atoms with E-state index in [1.165, 1.54) is 5.69 Å². The van der Waals surface area contributed by atoms with Crippen LogP contribution in [0.15, 0.2) is 5.38 Å². The van der Waals surface area contributed by atoms with Crippen molar-refractivity contribution < 1.29 is 14.6 Å². The van der Waals surface area contributed by atoms with E-state index in [-0.39, 0.29) is 6.10 Å². The first-order valence-corrected chi connectivity index (χ1v) is 9.80. The SMILES string of the molecule is Cc1nc(CN2CCN(CC(O)COCC3CCCO3)CC2)cs1. The molecule has 1 aromatic heterocycles. The summed E-state index contributed by atoms with van der Waals surface area (Å²) < 4.78 is 11.1. The van der Waals surface area contributed by atoms with Crippen molar-refractivity contribution in [2.45, 2.75) is 38.5 Å². The molecule has 3 rings (SSSR count). The molecule has 24 heavy (non-hydrogen) atoms. The van der Waals surface area contributed by atoms with Crippen molar-refractivity contribution in [1.82, 2.24) is 14.8 Å². The van der Waals surface area contributed by atoms with Crippen molar-refractivity contribution in [3.8, 4) is 0 Å². The van der Waals surface area contributed by atoms with E-state index < -0.39 is 6.10 Å². The first-order chi connectivity index (χ1) is 11.7. The number of aryl methyl sites for hydroxylation is 1. The molecule has 0 saturated carbocycles. The summed E-state index contributed by atoms with van der Waals surface area (Å²) in [5.74, 6) is 0. The van der Waals surface area contributed by atoms with Crippen LogP contribution in [-0.4, -0.2) is 84.6 Å². The van der Waals surface area contributed by atoms with Gasteiger partial charge in [0.2, 0.25) is 0 Å². The Morgan fingerprint density at radius 1 is 1.38 bits per heavy atom. The number of ether oxygens (including phenoxy) is 2. The first-order valence-electron chi connectivity index (χ1n) is 8.92. The topological polar surface area (TPSA) is 58.1 Å². The highest BCUT2D eigenvalue weighted by Crippen LogP contribution is 2.13. The second-order valence-corrected chi connectivity index (χ2v) is 7.82. The van der Waals surface area contributed by atoms with Crippen molar-refractivity contribution in [3.05, 3.63) is 16.1 Å². The zero-order valence-corrected chi connectivity index (χ0v) is 15.3. The summed E-state index contributed by atoms with van der Waals surface area (Å²) in [5.41, 5.74) is 1.17. The highest BCUT2D eigenvalue weighted by Gasteiger charge is 2.21. The van der Waals surface area contributed by atoms with Crippen LogP contribution in [0.2, 0.25) is 0 Å². The van der Waals surface area contributed by atoms with E-state index >= 15 is 0 Å². The third kappa shape index (κ3) is 5.75. The number of β-amino-alcohol motifs (C(OH)–C–C–N with tert-alkyl or cyclic N) is 1. The third-order valence-electron chi connectivity index (χ3n) is 4.62. The summed E-state index contributed by atoms with van der Waals surface area (Å²) in [6, 6.07) is 0. The molecular weight excluding hydrogens is 326 g/mol. The Morgan fingerprint density at radius 3 is 2.83 bits per heavy atom. The predicted molar refractivity (Wildman–Crippen MR) is 94.4 cm³/mol. The molecule has 2 atom stereocenters. The summed E-state index contributed by atoms with van der Waals surface area (Å²) in [6.07, 6.45) is 2.02. The highest BCUT2D eigenvalue weighted by atomic mass is 32.1. The molecule has 0 aromatic carbocycles. The molecule has 1 N–H and O–H groups in total. The van der Waals surface area contributed by atoms with E-state index in [1.54, 1.807) is 11.3 Å². The monoisotopic (exact) mass is 355 g/mol. The first kappa shape index (κ1) is 18.2. The standard InChI is InChI=1S/C17H29N3O3S/c1-14-18-15(13-24-14)9-19-4-6-20(7-5-19)10-16(21)11-22-12-17-3-2-8-23-17/h13,16-17,21H,2-12H2,1H3. The van der Waals surface area contributed by atoms with Crippen LogP contribution in [0.5, 0.6) is 0 Å². The van der Waals surface area contributed by atoms with E-state index in [1.807, 2.05) is 0 Å². The minimum absolute atomic E-state index is 0.232. The summed E-state index contributed by atoms with van der Waals surface area (Å²) in [6.45, 7) is 9.57. The molecule has 2 aliphatic rings. The average molecular weight is 356 g/mol. The molecule has 3 heterocycles. The molecule has 6 nitrogen and oxygen atoms in total.